The van der Waals surface area contributed by atoms with Crippen LogP contribution in [0.2, 0.25) is 0 Å². The van der Waals surface area contributed by atoms with Gasteiger partial charge in [-0.15, -0.1) is 0 Å². The highest BCUT2D eigenvalue weighted by Crippen LogP contribution is 2.25. The lowest BCUT2D eigenvalue weighted by atomic mass is 9.96. The molecule has 1 aliphatic carbocycles. The molecule has 1 aromatic heterocycles. The zero-order valence-corrected chi connectivity index (χ0v) is 18.7. The lowest BCUT2D eigenvalue weighted by Crippen LogP contribution is -2.54. The Morgan fingerprint density at radius 2 is 1.18 bits per heavy atom. The zero-order chi connectivity index (χ0) is 24.0. The van der Waals surface area contributed by atoms with Crippen molar-refractivity contribution in [3.05, 3.63) is 96.8 Å². The van der Waals surface area contributed by atoms with Crippen molar-refractivity contribution in [2.24, 2.45) is 11.7 Å². The van der Waals surface area contributed by atoms with Crippen LogP contribution in [-0.2, 0) is 0 Å². The molecule has 3 aromatic rings. The maximum absolute atomic E-state index is 13.7. The molecule has 1 heterocycles. The number of hydrogen-bond acceptors (Lipinski definition) is 6. The van der Waals surface area contributed by atoms with E-state index in [9.17, 15) is 14.4 Å². The summed E-state index contributed by atoms with van der Waals surface area (Å²) in [6.45, 7) is 5.37. The molecule has 33 heavy (non-hydrogen) atoms. The Bertz CT molecular complexity index is 1430. The van der Waals surface area contributed by atoms with Crippen molar-refractivity contribution in [1.29, 1.82) is 0 Å². The average molecular weight is 447 g/mol. The molecule has 0 bridgehead atoms. The Hall–Kier alpha value is -4.27. The third-order valence-corrected chi connectivity index (χ3v) is 5.84. The summed E-state index contributed by atoms with van der Waals surface area (Å²) >= 11 is 0. The van der Waals surface area contributed by atoms with Crippen LogP contribution >= 0.6 is 0 Å². The van der Waals surface area contributed by atoms with Gasteiger partial charge in [0.05, 0.1) is 11.4 Å². The molecule has 0 amide bonds. The summed E-state index contributed by atoms with van der Waals surface area (Å²) in [5.41, 5.74) is 19.4. The van der Waals surface area contributed by atoms with Gasteiger partial charge < -0.3 is 17.2 Å². The van der Waals surface area contributed by atoms with Crippen molar-refractivity contribution in [3.8, 4) is 11.4 Å². The quantitative estimate of drug-likeness (QED) is 0.522. The SMILES string of the molecule is Cc1cc(N)ccc1-n1c(=O)n(C2=CC=C(N)CC2C)c(=O)n(-c2ccc(N)cc2C)c1=O. The number of rotatable bonds is 3. The predicted molar refractivity (Wildman–Crippen MR) is 131 cm³/mol. The second-order valence-electron chi connectivity index (χ2n) is 8.38. The van der Waals surface area contributed by atoms with Crippen LogP contribution in [0, 0.1) is 19.8 Å². The van der Waals surface area contributed by atoms with Crippen LogP contribution in [0.15, 0.2) is 68.6 Å². The molecule has 9 heteroatoms. The smallest absolute Gasteiger partial charge is 0.345 e. The molecule has 0 aliphatic heterocycles. The first-order valence-corrected chi connectivity index (χ1v) is 10.5. The summed E-state index contributed by atoms with van der Waals surface area (Å²) in [4.78, 5) is 41.0. The van der Waals surface area contributed by atoms with Crippen LogP contribution in [0.5, 0.6) is 0 Å². The fourth-order valence-corrected chi connectivity index (χ4v) is 4.22. The van der Waals surface area contributed by atoms with Gasteiger partial charge in [0.25, 0.3) is 0 Å². The highest BCUT2D eigenvalue weighted by atomic mass is 16.2. The number of aryl methyl sites for hydroxylation is 2. The third-order valence-electron chi connectivity index (χ3n) is 5.84. The number of benzene rings is 2. The summed E-state index contributed by atoms with van der Waals surface area (Å²) in [5.74, 6) is -0.208. The fourth-order valence-electron chi connectivity index (χ4n) is 4.22. The van der Waals surface area contributed by atoms with Gasteiger partial charge in [-0.1, -0.05) is 6.92 Å². The fraction of sp³-hybridized carbons (Fsp3) is 0.208. The van der Waals surface area contributed by atoms with Gasteiger partial charge >= 0.3 is 17.1 Å². The number of hydrogen-bond donors (Lipinski definition) is 3. The highest BCUT2D eigenvalue weighted by molar-refractivity contribution is 5.56. The Balaban J connectivity index is 2.18. The second-order valence-corrected chi connectivity index (χ2v) is 8.38. The molecular weight excluding hydrogens is 420 g/mol. The minimum absolute atomic E-state index is 0.208. The number of nitrogen functional groups attached to an aromatic ring is 2. The van der Waals surface area contributed by atoms with Crippen LogP contribution in [0.1, 0.15) is 24.5 Å². The maximum atomic E-state index is 13.7. The summed E-state index contributed by atoms with van der Waals surface area (Å²) in [6.07, 6.45) is 3.81. The Morgan fingerprint density at radius 1 is 0.727 bits per heavy atom. The number of allylic oxidation sites excluding steroid dienone is 4. The van der Waals surface area contributed by atoms with E-state index in [2.05, 4.69) is 0 Å². The minimum Gasteiger partial charge on any atom is -0.402 e. The lowest BCUT2D eigenvalue weighted by molar-refractivity contribution is 0.609. The van der Waals surface area contributed by atoms with Gasteiger partial charge in [0.2, 0.25) is 0 Å². The van der Waals surface area contributed by atoms with E-state index in [0.717, 1.165) is 13.7 Å². The Morgan fingerprint density at radius 3 is 1.61 bits per heavy atom. The molecular formula is C24H26N6O3. The predicted octanol–water partition coefficient (Wildman–Crippen LogP) is 1.65. The highest BCUT2D eigenvalue weighted by Gasteiger charge is 2.25. The van der Waals surface area contributed by atoms with Crippen molar-refractivity contribution < 1.29 is 0 Å². The second kappa shape index (κ2) is 8.01. The molecule has 1 aliphatic rings. The van der Waals surface area contributed by atoms with Crippen molar-refractivity contribution >= 4 is 17.1 Å². The number of nitrogens with zero attached hydrogens (tertiary/aromatic N) is 3. The van der Waals surface area contributed by atoms with E-state index < -0.39 is 17.1 Å². The summed E-state index contributed by atoms with van der Waals surface area (Å²) in [7, 11) is 0. The van der Waals surface area contributed by atoms with Crippen LogP contribution in [0.3, 0.4) is 0 Å². The molecule has 9 nitrogen and oxygen atoms in total. The molecule has 1 atom stereocenters. The van der Waals surface area contributed by atoms with Crippen LogP contribution in [0.25, 0.3) is 17.1 Å². The molecule has 2 aromatic carbocycles. The van der Waals surface area contributed by atoms with E-state index in [1.807, 2.05) is 6.92 Å². The van der Waals surface area contributed by atoms with Gasteiger partial charge in [-0.3, -0.25) is 0 Å². The molecule has 170 valence electrons. The van der Waals surface area contributed by atoms with E-state index >= 15 is 0 Å². The first kappa shape index (κ1) is 21.9. The number of nitrogens with two attached hydrogens (primary N) is 3. The summed E-state index contributed by atoms with van der Waals surface area (Å²) in [5, 5.41) is 0. The summed E-state index contributed by atoms with van der Waals surface area (Å²) < 4.78 is 3.04. The van der Waals surface area contributed by atoms with Crippen molar-refractivity contribution in [2.45, 2.75) is 27.2 Å². The largest absolute Gasteiger partial charge is 0.402 e. The molecule has 6 N–H and O–H groups in total. The zero-order valence-electron chi connectivity index (χ0n) is 18.7. The van der Waals surface area contributed by atoms with Gasteiger partial charge in [-0.2, -0.15) is 0 Å². The first-order chi connectivity index (χ1) is 15.6. The van der Waals surface area contributed by atoms with Gasteiger partial charge in [0, 0.05) is 28.7 Å². The van der Waals surface area contributed by atoms with Crippen LogP contribution in [-0.4, -0.2) is 13.7 Å². The van der Waals surface area contributed by atoms with E-state index in [4.69, 9.17) is 17.2 Å². The van der Waals surface area contributed by atoms with Crippen molar-refractivity contribution in [3.63, 3.8) is 0 Å². The molecule has 1 unspecified atom stereocenters. The molecule has 0 spiro atoms. The number of anilines is 2. The standard InChI is InChI=1S/C24H26N6O3/c1-13-10-16(25)4-7-19(13)28-22(31)29(20-8-5-17(26)11-14(20)2)24(33)30(23(28)32)21-9-6-18(27)12-15(21)3/h4-11,15H,12,25-27H2,1-3H3. The lowest BCUT2D eigenvalue weighted by Gasteiger charge is -2.23. The topological polar surface area (TPSA) is 144 Å². The van der Waals surface area contributed by atoms with Crippen molar-refractivity contribution in [2.75, 3.05) is 11.5 Å². The van der Waals surface area contributed by atoms with E-state index in [1.54, 1.807) is 62.4 Å². The van der Waals surface area contributed by atoms with E-state index in [0.29, 0.717) is 51.7 Å². The van der Waals surface area contributed by atoms with Gasteiger partial charge in [0.1, 0.15) is 0 Å². The summed E-state index contributed by atoms with van der Waals surface area (Å²) in [6, 6.07) is 9.74. The monoisotopic (exact) mass is 446 g/mol. The van der Waals surface area contributed by atoms with Crippen LogP contribution in [0.4, 0.5) is 11.4 Å². The molecule has 0 radical (unpaired) electrons. The van der Waals surface area contributed by atoms with E-state index in [-0.39, 0.29) is 5.92 Å². The molecule has 0 saturated carbocycles. The maximum Gasteiger partial charge on any atom is 0.345 e. The number of aromatic nitrogens is 3. The van der Waals surface area contributed by atoms with Crippen molar-refractivity contribution in [1.82, 2.24) is 13.7 Å². The molecule has 0 saturated heterocycles. The van der Waals surface area contributed by atoms with Gasteiger partial charge in [-0.25, -0.2) is 28.1 Å². The minimum atomic E-state index is -0.777. The Labute approximate surface area is 189 Å². The van der Waals surface area contributed by atoms with Gasteiger partial charge in [0.15, 0.2) is 0 Å². The van der Waals surface area contributed by atoms with Crippen LogP contribution < -0.4 is 34.3 Å². The average Bonchev–Trinajstić information content (AvgIpc) is 2.72. The normalized spacial score (nSPS) is 15.8. The molecule has 0 fully saturated rings. The third kappa shape index (κ3) is 3.67. The van der Waals surface area contributed by atoms with Gasteiger partial charge in [-0.05, 0) is 79.9 Å². The Kier molecular flexibility index (Phi) is 5.33. The van der Waals surface area contributed by atoms with E-state index in [1.165, 1.54) is 0 Å². The molecule has 4 rings (SSSR count). The first-order valence-electron chi connectivity index (χ1n) is 10.5.